The van der Waals surface area contributed by atoms with Crippen LogP contribution in [-0.4, -0.2) is 30.3 Å². The summed E-state index contributed by atoms with van der Waals surface area (Å²) in [7, 11) is 0. The minimum Gasteiger partial charge on any atom is -0.464 e. The van der Waals surface area contributed by atoms with E-state index < -0.39 is 6.04 Å². The fraction of sp³-hybridized carbons (Fsp3) is 0.778. The van der Waals surface area contributed by atoms with Gasteiger partial charge in [0.1, 0.15) is 6.04 Å². The van der Waals surface area contributed by atoms with Crippen LogP contribution in [-0.2, 0) is 14.3 Å². The topological polar surface area (TPSA) is 55.4 Å². The predicted molar refractivity (Wildman–Crippen MR) is 55.1 cm³/mol. The fourth-order valence-electron chi connectivity index (χ4n) is 1.01. The van der Waals surface area contributed by atoms with Crippen LogP contribution in [0.5, 0.6) is 0 Å². The molecule has 0 saturated heterocycles. The van der Waals surface area contributed by atoms with E-state index in [9.17, 15) is 9.59 Å². The lowest BCUT2D eigenvalue weighted by molar-refractivity contribution is -0.147. The van der Waals surface area contributed by atoms with E-state index in [2.05, 4.69) is 17.9 Å². The number of hydrogen-bond acceptors (Lipinski definition) is 4. The van der Waals surface area contributed by atoms with Gasteiger partial charge in [0.25, 0.3) is 0 Å². The van der Waals surface area contributed by atoms with Gasteiger partial charge in [-0.2, -0.15) is 12.6 Å². The van der Waals surface area contributed by atoms with Gasteiger partial charge in [-0.05, 0) is 18.8 Å². The van der Waals surface area contributed by atoms with E-state index in [0.29, 0.717) is 12.5 Å². The third-order valence-electron chi connectivity index (χ3n) is 2.00. The number of carbonyl (C=O) groups is 2. The Labute approximate surface area is 88.8 Å². The maximum Gasteiger partial charge on any atom is 0.329 e. The van der Waals surface area contributed by atoms with Crippen molar-refractivity contribution in [2.75, 3.05) is 12.4 Å². The summed E-state index contributed by atoms with van der Waals surface area (Å²) in [6, 6.07) is -0.616. The summed E-state index contributed by atoms with van der Waals surface area (Å²) in [5.74, 6) is 0.176. The van der Waals surface area contributed by atoms with Crippen LogP contribution in [0.25, 0.3) is 0 Å². The SMILES string of the molecule is CC(=O)N[C@@H](CS)C(=O)OCC1CC1. The van der Waals surface area contributed by atoms with Crippen LogP contribution >= 0.6 is 12.6 Å². The summed E-state index contributed by atoms with van der Waals surface area (Å²) in [5.41, 5.74) is 0. The van der Waals surface area contributed by atoms with Crippen molar-refractivity contribution in [2.45, 2.75) is 25.8 Å². The van der Waals surface area contributed by atoms with E-state index in [1.54, 1.807) is 0 Å². The third-order valence-corrected chi connectivity index (χ3v) is 2.37. The van der Waals surface area contributed by atoms with Gasteiger partial charge < -0.3 is 10.1 Å². The molecule has 0 spiro atoms. The van der Waals surface area contributed by atoms with E-state index in [0.717, 1.165) is 12.8 Å². The van der Waals surface area contributed by atoms with Crippen LogP contribution in [0.3, 0.4) is 0 Å². The van der Waals surface area contributed by atoms with Crippen molar-refractivity contribution in [2.24, 2.45) is 5.92 Å². The zero-order valence-electron chi connectivity index (χ0n) is 8.16. The average Bonchev–Trinajstić information content (AvgIpc) is 2.93. The minimum absolute atomic E-state index is 0.243. The highest BCUT2D eigenvalue weighted by molar-refractivity contribution is 7.80. The highest BCUT2D eigenvalue weighted by Crippen LogP contribution is 2.28. The molecule has 1 N–H and O–H groups in total. The lowest BCUT2D eigenvalue weighted by Crippen LogP contribution is -2.42. The molecule has 0 aromatic carbocycles. The third kappa shape index (κ3) is 4.00. The Morgan fingerprint density at radius 2 is 2.21 bits per heavy atom. The molecule has 0 aromatic rings. The molecule has 14 heavy (non-hydrogen) atoms. The van der Waals surface area contributed by atoms with E-state index in [1.165, 1.54) is 6.92 Å². The van der Waals surface area contributed by atoms with Gasteiger partial charge >= 0.3 is 5.97 Å². The summed E-state index contributed by atoms with van der Waals surface area (Å²) >= 11 is 3.97. The molecule has 1 fully saturated rings. The second kappa shape index (κ2) is 5.24. The molecule has 0 aliphatic heterocycles. The Hall–Kier alpha value is -0.710. The summed E-state index contributed by atoms with van der Waals surface area (Å²) < 4.78 is 5.02. The standard InChI is InChI=1S/C9H15NO3S/c1-6(11)10-8(5-14)9(12)13-4-7-2-3-7/h7-8,14H,2-5H2,1H3,(H,10,11)/t8-/m0/s1. The molecule has 0 heterocycles. The van der Waals surface area contributed by atoms with Crippen LogP contribution in [0.15, 0.2) is 0 Å². The summed E-state index contributed by atoms with van der Waals surface area (Å²) in [5, 5.41) is 2.48. The van der Waals surface area contributed by atoms with Crippen LogP contribution in [0.2, 0.25) is 0 Å². The molecular formula is C9H15NO3S. The van der Waals surface area contributed by atoms with Crippen molar-refractivity contribution in [3.63, 3.8) is 0 Å². The summed E-state index contributed by atoms with van der Waals surface area (Å²) in [6.45, 7) is 1.84. The Kier molecular flexibility index (Phi) is 4.25. The largest absolute Gasteiger partial charge is 0.464 e. The van der Waals surface area contributed by atoms with Crippen molar-refractivity contribution < 1.29 is 14.3 Å². The number of nitrogens with one attached hydrogen (secondary N) is 1. The number of amides is 1. The van der Waals surface area contributed by atoms with E-state index in [4.69, 9.17) is 4.74 Å². The van der Waals surface area contributed by atoms with Crippen LogP contribution in [0.1, 0.15) is 19.8 Å². The second-order valence-electron chi connectivity index (χ2n) is 3.51. The molecule has 1 saturated carbocycles. The Morgan fingerprint density at radius 3 is 2.64 bits per heavy atom. The van der Waals surface area contributed by atoms with Gasteiger partial charge in [0.2, 0.25) is 5.91 Å². The summed E-state index contributed by atoms with van der Waals surface area (Å²) in [6.07, 6.45) is 2.28. The predicted octanol–water partition coefficient (Wildman–Crippen LogP) is 0.374. The molecule has 80 valence electrons. The molecule has 1 rings (SSSR count). The fourth-order valence-corrected chi connectivity index (χ4v) is 1.25. The van der Waals surface area contributed by atoms with Gasteiger partial charge in [-0.15, -0.1) is 0 Å². The van der Waals surface area contributed by atoms with Crippen molar-refractivity contribution in [3.8, 4) is 0 Å². The van der Waals surface area contributed by atoms with E-state index >= 15 is 0 Å². The molecule has 4 nitrogen and oxygen atoms in total. The van der Waals surface area contributed by atoms with Crippen molar-refractivity contribution in [1.29, 1.82) is 0 Å². The molecule has 1 amide bonds. The Morgan fingerprint density at radius 1 is 1.57 bits per heavy atom. The first-order chi connectivity index (χ1) is 6.63. The number of thiol groups is 1. The quantitative estimate of drug-likeness (QED) is 0.517. The van der Waals surface area contributed by atoms with Gasteiger partial charge in [-0.1, -0.05) is 0 Å². The van der Waals surface area contributed by atoms with Crippen LogP contribution in [0.4, 0.5) is 0 Å². The second-order valence-corrected chi connectivity index (χ2v) is 3.87. The van der Waals surface area contributed by atoms with Crippen LogP contribution < -0.4 is 5.32 Å². The van der Waals surface area contributed by atoms with E-state index in [-0.39, 0.29) is 17.6 Å². The number of ether oxygens (including phenoxy) is 1. The van der Waals surface area contributed by atoms with Crippen molar-refractivity contribution in [3.05, 3.63) is 0 Å². The Balaban J connectivity index is 2.26. The van der Waals surface area contributed by atoms with Crippen molar-refractivity contribution >= 4 is 24.5 Å². The molecule has 1 aliphatic carbocycles. The maximum absolute atomic E-state index is 11.4. The monoisotopic (exact) mass is 217 g/mol. The molecule has 1 atom stereocenters. The number of rotatable bonds is 5. The highest BCUT2D eigenvalue weighted by atomic mass is 32.1. The number of esters is 1. The lowest BCUT2D eigenvalue weighted by Gasteiger charge is -2.13. The first-order valence-corrected chi connectivity index (χ1v) is 5.31. The van der Waals surface area contributed by atoms with Gasteiger partial charge in [0, 0.05) is 12.7 Å². The molecule has 0 aromatic heterocycles. The normalized spacial score (nSPS) is 17.3. The zero-order chi connectivity index (χ0) is 10.6. The Bertz CT molecular complexity index is 228. The first-order valence-electron chi connectivity index (χ1n) is 4.68. The molecule has 0 bridgehead atoms. The maximum atomic E-state index is 11.4. The molecular weight excluding hydrogens is 202 g/mol. The van der Waals surface area contributed by atoms with Crippen molar-refractivity contribution in [1.82, 2.24) is 5.32 Å². The molecule has 5 heteroatoms. The zero-order valence-corrected chi connectivity index (χ0v) is 9.05. The number of hydrogen-bond donors (Lipinski definition) is 2. The lowest BCUT2D eigenvalue weighted by atomic mass is 10.3. The summed E-state index contributed by atoms with van der Waals surface area (Å²) in [4.78, 5) is 22.1. The van der Waals surface area contributed by atoms with Crippen LogP contribution in [0, 0.1) is 5.92 Å². The average molecular weight is 217 g/mol. The van der Waals surface area contributed by atoms with Gasteiger partial charge in [0.05, 0.1) is 6.61 Å². The van der Waals surface area contributed by atoms with Gasteiger partial charge in [0.15, 0.2) is 0 Å². The smallest absolute Gasteiger partial charge is 0.329 e. The molecule has 0 unspecified atom stereocenters. The molecule has 0 radical (unpaired) electrons. The highest BCUT2D eigenvalue weighted by Gasteiger charge is 2.25. The van der Waals surface area contributed by atoms with Gasteiger partial charge in [-0.3, -0.25) is 4.79 Å². The molecule has 1 aliphatic rings. The number of carbonyl (C=O) groups excluding carboxylic acids is 2. The minimum atomic E-state index is -0.616. The first kappa shape index (κ1) is 11.4. The van der Waals surface area contributed by atoms with E-state index in [1.807, 2.05) is 0 Å². The van der Waals surface area contributed by atoms with Gasteiger partial charge in [-0.25, -0.2) is 4.79 Å².